The van der Waals surface area contributed by atoms with Gasteiger partial charge in [0.1, 0.15) is 5.44 Å². The zero-order valence-electron chi connectivity index (χ0n) is 6.46. The van der Waals surface area contributed by atoms with Gasteiger partial charge in [-0.1, -0.05) is 20.3 Å². The Kier molecular flexibility index (Phi) is 5.49. The normalized spacial score (nSPS) is 12.7. The van der Waals surface area contributed by atoms with E-state index in [1.807, 2.05) is 6.92 Å². The molecule has 0 aromatic carbocycles. The molecule has 0 aliphatic rings. The fraction of sp³-hybridized carbons (Fsp3) is 0.857. The van der Waals surface area contributed by atoms with Gasteiger partial charge >= 0.3 is 5.97 Å². The summed E-state index contributed by atoms with van der Waals surface area (Å²) in [5.74, 6) is -0.173. The van der Waals surface area contributed by atoms with E-state index >= 15 is 0 Å². The number of hydrogen-bond donors (Lipinski definition) is 1. The largest absolute Gasteiger partial charge is 0.452 e. The number of carbonyl (C=O) groups is 1. The molecule has 0 rings (SSSR count). The Morgan fingerprint density at radius 2 is 2.20 bits per heavy atom. The van der Waals surface area contributed by atoms with Crippen LogP contribution in [0.15, 0.2) is 0 Å². The van der Waals surface area contributed by atoms with Crippen LogP contribution in [0, 0.1) is 0 Å². The van der Waals surface area contributed by atoms with Gasteiger partial charge in [-0.05, 0) is 6.42 Å². The van der Waals surface area contributed by atoms with Gasteiger partial charge in [-0.15, -0.1) is 12.6 Å². The molecule has 0 fully saturated rings. The number of ether oxygens (including phenoxy) is 1. The van der Waals surface area contributed by atoms with Gasteiger partial charge in [0.05, 0.1) is 0 Å². The molecule has 1 atom stereocenters. The summed E-state index contributed by atoms with van der Waals surface area (Å²) >= 11 is 4.06. The van der Waals surface area contributed by atoms with Gasteiger partial charge in [0.15, 0.2) is 0 Å². The van der Waals surface area contributed by atoms with Gasteiger partial charge in [0.2, 0.25) is 0 Å². The summed E-state index contributed by atoms with van der Waals surface area (Å²) in [5, 5.41) is 0. The van der Waals surface area contributed by atoms with Gasteiger partial charge < -0.3 is 4.74 Å². The highest BCUT2D eigenvalue weighted by Gasteiger charge is 2.05. The Morgan fingerprint density at radius 1 is 1.60 bits per heavy atom. The number of esters is 1. The first-order valence-electron chi connectivity index (χ1n) is 3.58. The summed E-state index contributed by atoms with van der Waals surface area (Å²) in [6, 6.07) is 0. The predicted octanol–water partition coefficient (Wildman–Crippen LogP) is 2.00. The first-order valence-corrected chi connectivity index (χ1v) is 4.09. The third kappa shape index (κ3) is 4.68. The molecule has 0 amide bonds. The van der Waals surface area contributed by atoms with Crippen LogP contribution in [0.4, 0.5) is 0 Å². The molecule has 0 N–H and O–H groups in total. The molecule has 0 aromatic heterocycles. The molecule has 1 unspecified atom stereocenters. The van der Waals surface area contributed by atoms with E-state index < -0.39 is 0 Å². The number of rotatable bonds is 4. The first kappa shape index (κ1) is 9.82. The maximum atomic E-state index is 10.6. The van der Waals surface area contributed by atoms with Crippen LogP contribution in [-0.4, -0.2) is 11.4 Å². The maximum absolute atomic E-state index is 10.6. The smallest absolute Gasteiger partial charge is 0.306 e. The van der Waals surface area contributed by atoms with Gasteiger partial charge in [0.25, 0.3) is 0 Å². The Balaban J connectivity index is 3.37. The third-order valence-electron chi connectivity index (χ3n) is 1.09. The van der Waals surface area contributed by atoms with Crippen LogP contribution >= 0.6 is 12.6 Å². The third-order valence-corrected chi connectivity index (χ3v) is 1.46. The van der Waals surface area contributed by atoms with Crippen LogP contribution in [0.2, 0.25) is 0 Å². The van der Waals surface area contributed by atoms with Crippen molar-refractivity contribution < 1.29 is 9.53 Å². The Bertz CT molecular complexity index is 104. The first-order chi connectivity index (χ1) is 4.70. The van der Waals surface area contributed by atoms with E-state index in [2.05, 4.69) is 12.6 Å². The zero-order valence-corrected chi connectivity index (χ0v) is 7.36. The molecular weight excluding hydrogens is 148 g/mol. The van der Waals surface area contributed by atoms with Gasteiger partial charge in [0, 0.05) is 6.42 Å². The number of thiol groups is 1. The summed E-state index contributed by atoms with van der Waals surface area (Å²) in [5.41, 5.74) is -0.211. The topological polar surface area (TPSA) is 26.3 Å². The molecule has 0 aliphatic carbocycles. The molecule has 0 saturated heterocycles. The molecule has 10 heavy (non-hydrogen) atoms. The molecule has 0 heterocycles. The molecule has 2 nitrogen and oxygen atoms in total. The summed E-state index contributed by atoms with van der Waals surface area (Å²) in [7, 11) is 0. The highest BCUT2D eigenvalue weighted by Crippen LogP contribution is 2.06. The minimum absolute atomic E-state index is 0.173. The average molecular weight is 162 g/mol. The maximum Gasteiger partial charge on any atom is 0.306 e. The SMILES string of the molecule is CCCC(S)OC(=O)CC. The van der Waals surface area contributed by atoms with E-state index in [0.29, 0.717) is 6.42 Å². The van der Waals surface area contributed by atoms with E-state index in [4.69, 9.17) is 4.74 Å². The highest BCUT2D eigenvalue weighted by molar-refractivity contribution is 7.80. The lowest BCUT2D eigenvalue weighted by atomic mass is 10.3. The van der Waals surface area contributed by atoms with E-state index in [0.717, 1.165) is 12.8 Å². The van der Waals surface area contributed by atoms with Crippen molar-refractivity contribution in [2.75, 3.05) is 0 Å². The second-order valence-electron chi connectivity index (χ2n) is 2.09. The van der Waals surface area contributed by atoms with E-state index in [-0.39, 0.29) is 11.4 Å². The summed E-state index contributed by atoms with van der Waals surface area (Å²) in [6.45, 7) is 3.80. The minimum atomic E-state index is -0.211. The molecular formula is C7H14O2S. The molecule has 0 radical (unpaired) electrons. The monoisotopic (exact) mass is 162 g/mol. The van der Waals surface area contributed by atoms with Gasteiger partial charge in [-0.3, -0.25) is 4.79 Å². The lowest BCUT2D eigenvalue weighted by Gasteiger charge is -2.09. The lowest BCUT2D eigenvalue weighted by molar-refractivity contribution is -0.144. The molecule has 0 bridgehead atoms. The molecule has 3 heteroatoms. The van der Waals surface area contributed by atoms with Crippen LogP contribution < -0.4 is 0 Å². The van der Waals surface area contributed by atoms with Gasteiger partial charge in [-0.25, -0.2) is 0 Å². The fourth-order valence-electron chi connectivity index (χ4n) is 0.541. The van der Waals surface area contributed by atoms with Crippen molar-refractivity contribution in [1.29, 1.82) is 0 Å². The Hall–Kier alpha value is -0.180. The number of carbonyl (C=O) groups excluding carboxylic acids is 1. The quantitative estimate of drug-likeness (QED) is 0.389. The zero-order chi connectivity index (χ0) is 7.98. The van der Waals surface area contributed by atoms with Crippen LogP contribution in [0.3, 0.4) is 0 Å². The second-order valence-corrected chi connectivity index (χ2v) is 2.66. The molecule has 60 valence electrons. The molecule has 0 aliphatic heterocycles. The molecule has 0 aromatic rings. The van der Waals surface area contributed by atoms with Gasteiger partial charge in [-0.2, -0.15) is 0 Å². The van der Waals surface area contributed by atoms with E-state index in [1.165, 1.54) is 0 Å². The number of hydrogen-bond acceptors (Lipinski definition) is 3. The van der Waals surface area contributed by atoms with E-state index in [9.17, 15) is 4.79 Å². The predicted molar refractivity (Wildman–Crippen MR) is 44.1 cm³/mol. The Morgan fingerprint density at radius 3 is 2.60 bits per heavy atom. The van der Waals surface area contributed by atoms with Crippen molar-refractivity contribution in [1.82, 2.24) is 0 Å². The fourth-order valence-corrected chi connectivity index (χ4v) is 0.917. The Labute approximate surface area is 67.4 Å². The standard InChI is InChI=1S/C7H14O2S/c1-3-5-7(10)9-6(8)4-2/h7,10H,3-5H2,1-2H3. The van der Waals surface area contributed by atoms with Crippen LogP contribution in [-0.2, 0) is 9.53 Å². The van der Waals surface area contributed by atoms with Crippen molar-refractivity contribution in [2.24, 2.45) is 0 Å². The van der Waals surface area contributed by atoms with Crippen molar-refractivity contribution in [3.05, 3.63) is 0 Å². The molecule has 0 spiro atoms. The lowest BCUT2D eigenvalue weighted by Crippen LogP contribution is -2.10. The summed E-state index contributed by atoms with van der Waals surface area (Å²) < 4.78 is 4.87. The minimum Gasteiger partial charge on any atom is -0.452 e. The van der Waals surface area contributed by atoms with Crippen LogP contribution in [0.25, 0.3) is 0 Å². The van der Waals surface area contributed by atoms with Crippen molar-refractivity contribution >= 4 is 18.6 Å². The van der Waals surface area contributed by atoms with Crippen molar-refractivity contribution in [3.63, 3.8) is 0 Å². The second kappa shape index (κ2) is 5.59. The van der Waals surface area contributed by atoms with Crippen LogP contribution in [0.1, 0.15) is 33.1 Å². The average Bonchev–Trinajstić information content (AvgIpc) is 1.88. The van der Waals surface area contributed by atoms with Crippen molar-refractivity contribution in [2.45, 2.75) is 38.5 Å². The summed E-state index contributed by atoms with van der Waals surface area (Å²) in [4.78, 5) is 10.6. The molecule has 0 saturated carbocycles. The summed E-state index contributed by atoms with van der Waals surface area (Å²) in [6.07, 6.45) is 2.25. The van der Waals surface area contributed by atoms with E-state index in [1.54, 1.807) is 6.92 Å². The highest BCUT2D eigenvalue weighted by atomic mass is 32.1. The van der Waals surface area contributed by atoms with Crippen molar-refractivity contribution in [3.8, 4) is 0 Å². The van der Waals surface area contributed by atoms with Crippen LogP contribution in [0.5, 0.6) is 0 Å².